The summed E-state index contributed by atoms with van der Waals surface area (Å²) in [5, 5.41) is 0.570. The third-order valence-corrected chi connectivity index (χ3v) is 9.10. The molecule has 0 radical (unpaired) electrons. The summed E-state index contributed by atoms with van der Waals surface area (Å²) < 4.78 is 28.8. The maximum Gasteiger partial charge on any atom is 0.260 e. The molecule has 1 atom stereocenters. The summed E-state index contributed by atoms with van der Waals surface area (Å²) in [4.78, 5) is 24.5. The summed E-state index contributed by atoms with van der Waals surface area (Å²) in [5.41, 5.74) is 1.95. The molecule has 0 bridgehead atoms. The van der Waals surface area contributed by atoms with Crippen molar-refractivity contribution in [2.75, 3.05) is 18.0 Å². The third-order valence-electron chi connectivity index (χ3n) is 6.16. The number of benzene rings is 2. The Bertz CT molecular complexity index is 1400. The second kappa shape index (κ2) is 9.85. The van der Waals surface area contributed by atoms with Gasteiger partial charge in [-0.25, -0.2) is 13.4 Å². The molecule has 1 unspecified atom stereocenters. The van der Waals surface area contributed by atoms with E-state index in [4.69, 9.17) is 0 Å². The van der Waals surface area contributed by atoms with Crippen LogP contribution in [0.2, 0.25) is 0 Å². The number of piperidine rings is 1. The zero-order chi connectivity index (χ0) is 24.4. The topological polar surface area (TPSA) is 83.5 Å². The van der Waals surface area contributed by atoms with Gasteiger partial charge >= 0.3 is 0 Å². The highest BCUT2D eigenvalue weighted by molar-refractivity contribution is 7.89. The van der Waals surface area contributed by atoms with Crippen LogP contribution in [0, 0.1) is 5.92 Å². The first-order valence-corrected chi connectivity index (χ1v) is 13.8. The van der Waals surface area contributed by atoms with Crippen LogP contribution in [0.4, 0.5) is 5.13 Å². The molecule has 1 saturated heterocycles. The zero-order valence-electron chi connectivity index (χ0n) is 19.4. The lowest BCUT2D eigenvalue weighted by molar-refractivity contribution is 0.0984. The van der Waals surface area contributed by atoms with Gasteiger partial charge in [-0.05, 0) is 67.3 Å². The summed E-state index contributed by atoms with van der Waals surface area (Å²) in [6.45, 7) is 3.38. The lowest BCUT2D eigenvalue weighted by Gasteiger charge is -2.30. The Morgan fingerprint density at radius 2 is 1.86 bits per heavy atom. The van der Waals surface area contributed by atoms with Crippen molar-refractivity contribution in [1.29, 1.82) is 0 Å². The summed E-state index contributed by atoms with van der Waals surface area (Å²) in [6, 6.07) is 19.5. The first kappa shape index (κ1) is 23.6. The van der Waals surface area contributed by atoms with E-state index in [1.54, 1.807) is 27.5 Å². The summed E-state index contributed by atoms with van der Waals surface area (Å²) in [7, 11) is -3.59. The second-order valence-corrected chi connectivity index (χ2v) is 11.8. The highest BCUT2D eigenvalue weighted by atomic mass is 32.2. The molecule has 1 aliphatic heterocycles. The minimum absolute atomic E-state index is 0.208. The van der Waals surface area contributed by atoms with Crippen LogP contribution in [-0.4, -0.2) is 41.7 Å². The molecule has 4 aromatic rings. The van der Waals surface area contributed by atoms with Crippen molar-refractivity contribution >= 4 is 42.6 Å². The fourth-order valence-corrected chi connectivity index (χ4v) is 6.86. The predicted octanol–water partition coefficient (Wildman–Crippen LogP) is 4.96. The fraction of sp³-hybridized carbons (Fsp3) is 0.269. The Morgan fingerprint density at radius 3 is 2.57 bits per heavy atom. The van der Waals surface area contributed by atoms with Crippen LogP contribution in [0.5, 0.6) is 0 Å². The normalized spacial score (nSPS) is 16.9. The van der Waals surface area contributed by atoms with Gasteiger partial charge in [-0.1, -0.05) is 36.5 Å². The Morgan fingerprint density at radius 1 is 1.09 bits per heavy atom. The molecule has 9 heteroatoms. The molecule has 0 saturated carbocycles. The monoisotopic (exact) mass is 506 g/mol. The molecule has 3 heterocycles. The van der Waals surface area contributed by atoms with E-state index in [1.807, 2.05) is 42.5 Å². The molecule has 35 heavy (non-hydrogen) atoms. The zero-order valence-corrected chi connectivity index (χ0v) is 21.0. The van der Waals surface area contributed by atoms with Gasteiger partial charge in [-0.3, -0.25) is 14.7 Å². The lowest BCUT2D eigenvalue weighted by atomic mass is 10.0. The number of sulfonamides is 1. The van der Waals surface area contributed by atoms with Crippen molar-refractivity contribution in [3.63, 3.8) is 0 Å². The molecule has 180 valence electrons. The molecule has 1 aliphatic rings. The largest absolute Gasteiger partial charge is 0.278 e. The van der Waals surface area contributed by atoms with Gasteiger partial charge in [0.25, 0.3) is 5.91 Å². The van der Waals surface area contributed by atoms with Gasteiger partial charge in [0, 0.05) is 24.8 Å². The Balaban J connectivity index is 1.45. The number of aromatic nitrogens is 2. The molecule has 5 rings (SSSR count). The van der Waals surface area contributed by atoms with Gasteiger partial charge in [-0.2, -0.15) is 4.31 Å². The third kappa shape index (κ3) is 4.98. The highest BCUT2D eigenvalue weighted by Crippen LogP contribution is 2.31. The van der Waals surface area contributed by atoms with Gasteiger partial charge in [0.1, 0.15) is 0 Å². The van der Waals surface area contributed by atoms with E-state index in [2.05, 4.69) is 16.9 Å². The van der Waals surface area contributed by atoms with Crippen molar-refractivity contribution in [3.8, 4) is 0 Å². The van der Waals surface area contributed by atoms with Crippen LogP contribution in [0.15, 0.2) is 77.8 Å². The van der Waals surface area contributed by atoms with Gasteiger partial charge in [0.05, 0.1) is 27.4 Å². The first-order chi connectivity index (χ1) is 16.9. The summed E-state index contributed by atoms with van der Waals surface area (Å²) in [6.07, 6.45) is 3.59. The van der Waals surface area contributed by atoms with Crippen molar-refractivity contribution in [2.24, 2.45) is 5.92 Å². The van der Waals surface area contributed by atoms with Crippen LogP contribution in [0.1, 0.15) is 35.8 Å². The van der Waals surface area contributed by atoms with E-state index < -0.39 is 10.0 Å². The number of amides is 1. The number of hydrogen-bond acceptors (Lipinski definition) is 6. The van der Waals surface area contributed by atoms with Crippen molar-refractivity contribution < 1.29 is 13.2 Å². The van der Waals surface area contributed by atoms with E-state index >= 15 is 0 Å². The van der Waals surface area contributed by atoms with Crippen LogP contribution < -0.4 is 4.90 Å². The first-order valence-electron chi connectivity index (χ1n) is 11.6. The van der Waals surface area contributed by atoms with Gasteiger partial charge in [0.2, 0.25) is 10.0 Å². The number of thiazole rings is 1. The standard InChI is InChI=1S/C26H26N4O3S2/c1-19-7-6-16-29(17-19)35(32,33)22-13-11-20(12-14-22)25(31)30(18-21-8-4-5-15-27-21)26-28-23-9-2-3-10-24(23)34-26/h2-5,8-15,19H,6-7,16-18H2,1H3. The lowest BCUT2D eigenvalue weighted by Crippen LogP contribution is -2.39. The molecule has 1 amide bonds. The second-order valence-electron chi connectivity index (χ2n) is 8.81. The van der Waals surface area contributed by atoms with E-state index in [0.717, 1.165) is 28.8 Å². The molecule has 2 aromatic heterocycles. The quantitative estimate of drug-likeness (QED) is 0.369. The van der Waals surface area contributed by atoms with E-state index in [0.29, 0.717) is 29.7 Å². The molecule has 0 aliphatic carbocycles. The van der Waals surface area contributed by atoms with Gasteiger partial charge in [0.15, 0.2) is 5.13 Å². The minimum atomic E-state index is -3.59. The van der Waals surface area contributed by atoms with E-state index in [1.165, 1.54) is 23.5 Å². The van der Waals surface area contributed by atoms with Crippen LogP contribution in [0.3, 0.4) is 0 Å². The number of carbonyl (C=O) groups excluding carboxylic acids is 1. The van der Waals surface area contributed by atoms with Gasteiger partial charge < -0.3 is 0 Å². The number of para-hydroxylation sites is 1. The summed E-state index contributed by atoms with van der Waals surface area (Å²) in [5.74, 6) is 0.0820. The Kier molecular flexibility index (Phi) is 6.64. The van der Waals surface area contributed by atoms with Crippen molar-refractivity contribution in [3.05, 3.63) is 84.2 Å². The Labute approximate surface area is 209 Å². The molecular formula is C26H26N4O3S2. The highest BCUT2D eigenvalue weighted by Gasteiger charge is 2.29. The number of pyridine rings is 1. The van der Waals surface area contributed by atoms with E-state index in [-0.39, 0.29) is 17.3 Å². The molecule has 7 nitrogen and oxygen atoms in total. The van der Waals surface area contributed by atoms with Crippen LogP contribution in [0.25, 0.3) is 10.2 Å². The average molecular weight is 507 g/mol. The maximum absolute atomic E-state index is 13.6. The smallest absolute Gasteiger partial charge is 0.260 e. The van der Waals surface area contributed by atoms with E-state index in [9.17, 15) is 13.2 Å². The number of rotatable bonds is 6. The van der Waals surface area contributed by atoms with Crippen LogP contribution in [-0.2, 0) is 16.6 Å². The van der Waals surface area contributed by atoms with Crippen molar-refractivity contribution in [2.45, 2.75) is 31.2 Å². The predicted molar refractivity (Wildman–Crippen MR) is 138 cm³/mol. The number of carbonyl (C=O) groups is 1. The number of fused-ring (bicyclic) bond motifs is 1. The number of hydrogen-bond donors (Lipinski definition) is 0. The molecule has 0 spiro atoms. The SMILES string of the molecule is CC1CCCN(S(=O)(=O)c2ccc(C(=O)N(Cc3ccccn3)c3nc4ccccc4s3)cc2)C1. The number of nitrogens with zero attached hydrogens (tertiary/aromatic N) is 4. The Hall–Kier alpha value is -3.14. The number of anilines is 1. The maximum atomic E-state index is 13.6. The van der Waals surface area contributed by atoms with Gasteiger partial charge in [-0.15, -0.1) is 0 Å². The fourth-order valence-electron chi connectivity index (χ4n) is 4.29. The molecular weight excluding hydrogens is 480 g/mol. The molecule has 0 N–H and O–H groups in total. The van der Waals surface area contributed by atoms with Crippen LogP contribution >= 0.6 is 11.3 Å². The molecule has 2 aromatic carbocycles. The minimum Gasteiger partial charge on any atom is -0.278 e. The molecule has 1 fully saturated rings. The average Bonchev–Trinajstić information content (AvgIpc) is 3.31. The summed E-state index contributed by atoms with van der Waals surface area (Å²) >= 11 is 1.44. The van der Waals surface area contributed by atoms with Crippen molar-refractivity contribution in [1.82, 2.24) is 14.3 Å².